The molecule has 0 heterocycles. The highest BCUT2D eigenvalue weighted by atomic mass is 32.2. The van der Waals surface area contributed by atoms with Crippen molar-refractivity contribution in [3.05, 3.63) is 0 Å². The molecular formula is C47H100NO3S+. The summed E-state index contributed by atoms with van der Waals surface area (Å²) in [6, 6.07) is 0. The highest BCUT2D eigenvalue weighted by Crippen LogP contribution is 2.16. The highest BCUT2D eigenvalue weighted by molar-refractivity contribution is 7.86. The summed E-state index contributed by atoms with van der Waals surface area (Å²) in [5.41, 5.74) is 0. The molecule has 0 bridgehead atoms. The predicted octanol–water partition coefficient (Wildman–Crippen LogP) is 15.9. The minimum Gasteiger partial charge on any atom is -0.325 e. The van der Waals surface area contributed by atoms with Crippen LogP contribution in [0.1, 0.15) is 266 Å². The van der Waals surface area contributed by atoms with Crippen LogP contribution in [0, 0.1) is 0 Å². The summed E-state index contributed by atoms with van der Waals surface area (Å²) >= 11 is 0. The first-order valence-corrected chi connectivity index (χ1v) is 25.7. The van der Waals surface area contributed by atoms with E-state index in [0.29, 0.717) is 6.61 Å². The van der Waals surface area contributed by atoms with E-state index in [2.05, 4.69) is 41.5 Å². The Morgan fingerprint density at radius 3 is 0.731 bits per heavy atom. The van der Waals surface area contributed by atoms with Crippen molar-refractivity contribution in [3.63, 3.8) is 0 Å². The van der Waals surface area contributed by atoms with E-state index in [-0.39, 0.29) is 5.75 Å². The Bertz CT molecular complexity index is 734. The van der Waals surface area contributed by atoms with Crippen LogP contribution < -0.4 is 0 Å². The lowest BCUT2D eigenvalue weighted by molar-refractivity contribution is -0.921. The molecule has 0 aromatic rings. The van der Waals surface area contributed by atoms with Crippen LogP contribution in [-0.4, -0.2) is 51.4 Å². The zero-order valence-corrected chi connectivity index (χ0v) is 37.9. The van der Waals surface area contributed by atoms with E-state index in [4.69, 9.17) is 4.18 Å². The van der Waals surface area contributed by atoms with Crippen LogP contribution in [-0.2, 0) is 14.3 Å². The lowest BCUT2D eigenvalue weighted by Crippen LogP contribution is -2.47. The Labute approximate surface area is 330 Å². The SMILES string of the molecule is CCCCCCCCCCCCCCCCCCCCOS(=O)(=O)CCCCCCCCCCCCCCCCCCC.CC[N+](CC)(CC)CC. The van der Waals surface area contributed by atoms with Crippen LogP contribution in [0.2, 0.25) is 0 Å². The van der Waals surface area contributed by atoms with Gasteiger partial charge in [-0.15, -0.1) is 0 Å². The fourth-order valence-corrected chi connectivity index (χ4v) is 8.64. The van der Waals surface area contributed by atoms with Gasteiger partial charge in [-0.25, -0.2) is 0 Å². The molecule has 0 aliphatic carbocycles. The van der Waals surface area contributed by atoms with E-state index in [1.165, 1.54) is 223 Å². The van der Waals surface area contributed by atoms with E-state index >= 15 is 0 Å². The fraction of sp³-hybridized carbons (Fsp3) is 1.00. The fourth-order valence-electron chi connectivity index (χ4n) is 7.59. The summed E-state index contributed by atoms with van der Waals surface area (Å²) < 4.78 is 30.8. The molecule has 0 aliphatic rings. The third-order valence-corrected chi connectivity index (χ3v) is 13.3. The summed E-state index contributed by atoms with van der Waals surface area (Å²) in [5.74, 6) is 0.199. The van der Waals surface area contributed by atoms with Gasteiger partial charge in [0.2, 0.25) is 0 Å². The first-order valence-electron chi connectivity index (χ1n) is 24.1. The number of hydrogen-bond donors (Lipinski definition) is 0. The number of nitrogens with zero attached hydrogens (tertiary/aromatic N) is 1. The van der Waals surface area contributed by atoms with Crippen molar-refractivity contribution in [1.29, 1.82) is 0 Å². The Balaban J connectivity index is 0. The van der Waals surface area contributed by atoms with Crippen molar-refractivity contribution >= 4 is 10.1 Å². The maximum Gasteiger partial charge on any atom is 0.267 e. The molecule has 52 heavy (non-hydrogen) atoms. The Morgan fingerprint density at radius 1 is 0.308 bits per heavy atom. The normalized spacial score (nSPS) is 12.0. The van der Waals surface area contributed by atoms with Gasteiger partial charge < -0.3 is 4.48 Å². The predicted molar refractivity (Wildman–Crippen MR) is 235 cm³/mol. The van der Waals surface area contributed by atoms with Gasteiger partial charge in [0.15, 0.2) is 0 Å². The molecule has 4 nitrogen and oxygen atoms in total. The quantitative estimate of drug-likeness (QED) is 0.0354. The van der Waals surface area contributed by atoms with E-state index in [9.17, 15) is 8.42 Å². The van der Waals surface area contributed by atoms with Crippen molar-refractivity contribution in [2.45, 2.75) is 266 Å². The summed E-state index contributed by atoms with van der Waals surface area (Å²) in [5, 5.41) is 0. The lowest BCUT2D eigenvalue weighted by atomic mass is 10.0. The van der Waals surface area contributed by atoms with E-state index in [1.807, 2.05) is 0 Å². The van der Waals surface area contributed by atoms with Crippen LogP contribution in [0.15, 0.2) is 0 Å². The van der Waals surface area contributed by atoms with Crippen molar-refractivity contribution in [1.82, 2.24) is 0 Å². The van der Waals surface area contributed by atoms with E-state index in [1.54, 1.807) is 0 Å². The van der Waals surface area contributed by atoms with Gasteiger partial charge in [-0.1, -0.05) is 226 Å². The molecule has 0 rings (SSSR count). The number of quaternary nitrogens is 1. The van der Waals surface area contributed by atoms with Gasteiger partial charge in [-0.05, 0) is 40.5 Å². The maximum absolute atomic E-state index is 12.2. The lowest BCUT2D eigenvalue weighted by Gasteiger charge is -2.34. The zero-order valence-electron chi connectivity index (χ0n) is 37.1. The van der Waals surface area contributed by atoms with Gasteiger partial charge >= 0.3 is 0 Å². The molecule has 0 amide bonds. The third kappa shape index (κ3) is 41.0. The zero-order chi connectivity index (χ0) is 38.7. The van der Waals surface area contributed by atoms with Crippen LogP contribution in [0.5, 0.6) is 0 Å². The van der Waals surface area contributed by atoms with Crippen molar-refractivity contribution in [3.8, 4) is 0 Å². The molecule has 0 saturated carbocycles. The highest BCUT2D eigenvalue weighted by Gasteiger charge is 2.16. The van der Waals surface area contributed by atoms with Gasteiger partial charge in [0.1, 0.15) is 0 Å². The molecule has 316 valence electrons. The summed E-state index contributed by atoms with van der Waals surface area (Å²) in [4.78, 5) is 0. The molecule has 0 aromatic carbocycles. The van der Waals surface area contributed by atoms with E-state index < -0.39 is 10.1 Å². The van der Waals surface area contributed by atoms with Gasteiger partial charge in [-0.2, -0.15) is 8.42 Å². The number of unbranched alkanes of at least 4 members (excludes halogenated alkanes) is 33. The molecule has 0 N–H and O–H groups in total. The standard InChI is InChI=1S/C39H80O3S.C8H20N/c1-3-5-7-9-11-13-15-17-19-21-22-24-26-28-30-32-34-36-38-42-43(40,41)39-37-35-33-31-29-27-25-23-20-18-16-14-12-10-8-6-4-2;1-5-9(6-2,7-3)8-4/h3-39H2,1-2H3;5-8H2,1-4H3/q;+1. The molecule has 0 fully saturated rings. The van der Waals surface area contributed by atoms with Crippen molar-refractivity contribution in [2.75, 3.05) is 38.5 Å². The summed E-state index contributed by atoms with van der Waals surface area (Å²) in [7, 11) is -3.33. The molecule has 0 spiro atoms. The molecule has 0 aliphatic heterocycles. The average Bonchev–Trinajstić information content (AvgIpc) is 3.15. The van der Waals surface area contributed by atoms with Crippen molar-refractivity contribution < 1.29 is 17.1 Å². The van der Waals surface area contributed by atoms with Gasteiger partial charge in [0.05, 0.1) is 38.5 Å². The molecule has 0 atom stereocenters. The number of hydrogen-bond acceptors (Lipinski definition) is 3. The smallest absolute Gasteiger partial charge is 0.267 e. The minimum atomic E-state index is -3.33. The van der Waals surface area contributed by atoms with Crippen LogP contribution in [0.25, 0.3) is 0 Å². The molecule has 0 unspecified atom stereocenters. The molecule has 0 saturated heterocycles. The average molecular weight is 759 g/mol. The largest absolute Gasteiger partial charge is 0.325 e. The molecule has 5 heteroatoms. The Kier molecular flexibility index (Phi) is 45.2. The van der Waals surface area contributed by atoms with Gasteiger partial charge in [0, 0.05) is 0 Å². The van der Waals surface area contributed by atoms with Crippen LogP contribution >= 0.6 is 0 Å². The second-order valence-electron chi connectivity index (χ2n) is 16.4. The van der Waals surface area contributed by atoms with Crippen molar-refractivity contribution in [2.24, 2.45) is 0 Å². The Hall–Kier alpha value is -0.130. The van der Waals surface area contributed by atoms with Crippen LogP contribution in [0.4, 0.5) is 0 Å². The Morgan fingerprint density at radius 2 is 0.519 bits per heavy atom. The first kappa shape index (κ1) is 54.0. The monoisotopic (exact) mass is 759 g/mol. The van der Waals surface area contributed by atoms with Gasteiger partial charge in [0.25, 0.3) is 10.1 Å². The van der Waals surface area contributed by atoms with Gasteiger partial charge in [-0.3, -0.25) is 4.18 Å². The first-order chi connectivity index (χ1) is 25.4. The number of rotatable bonds is 42. The summed E-state index contributed by atoms with van der Waals surface area (Å²) in [6.07, 6.45) is 46.5. The third-order valence-electron chi connectivity index (χ3n) is 11.9. The maximum atomic E-state index is 12.2. The molecular weight excluding hydrogens is 659 g/mol. The summed E-state index contributed by atoms with van der Waals surface area (Å²) in [6.45, 7) is 19.2. The second-order valence-corrected chi connectivity index (χ2v) is 18.1. The van der Waals surface area contributed by atoms with E-state index in [0.717, 1.165) is 32.1 Å². The molecule has 0 aromatic heterocycles. The topological polar surface area (TPSA) is 43.4 Å². The second kappa shape index (κ2) is 43.6. The van der Waals surface area contributed by atoms with Crippen LogP contribution in [0.3, 0.4) is 0 Å². The minimum absolute atomic E-state index is 0.199. The molecule has 0 radical (unpaired) electrons.